The zero-order valence-corrected chi connectivity index (χ0v) is 6.89. The van der Waals surface area contributed by atoms with Crippen molar-refractivity contribution in [3.8, 4) is 0 Å². The zero-order valence-electron chi connectivity index (χ0n) is 6.89. The van der Waals surface area contributed by atoms with E-state index in [9.17, 15) is 4.79 Å². The molecule has 0 bridgehead atoms. The van der Waals surface area contributed by atoms with Crippen LogP contribution in [0.15, 0.2) is 0 Å². The van der Waals surface area contributed by atoms with Crippen LogP contribution in [0.1, 0.15) is 26.2 Å². The van der Waals surface area contributed by atoms with Crippen LogP contribution in [0.3, 0.4) is 0 Å². The molecule has 0 aliphatic rings. The van der Waals surface area contributed by atoms with Crippen LogP contribution >= 0.6 is 0 Å². The number of carbonyl (C=O) groups is 1. The maximum Gasteiger partial charge on any atom is 0.222 e. The minimum atomic E-state index is 0.205. The molecule has 0 saturated heterocycles. The van der Waals surface area contributed by atoms with E-state index in [4.69, 9.17) is 0 Å². The van der Waals surface area contributed by atoms with Gasteiger partial charge in [-0.3, -0.25) is 4.79 Å². The molecule has 2 nitrogen and oxygen atoms in total. The number of carbonyl (C=O) groups excluding carboxylic acids is 1. The molecule has 0 unspecified atom stereocenters. The van der Waals surface area contributed by atoms with E-state index in [2.05, 4.69) is 13.8 Å². The average Bonchev–Trinajstić information content (AvgIpc) is 1.89. The summed E-state index contributed by atoms with van der Waals surface area (Å²) in [6.45, 7) is 6.54. The number of hydrogen-bond acceptors (Lipinski definition) is 1. The summed E-state index contributed by atoms with van der Waals surface area (Å²) in [5.41, 5.74) is 0. The molecule has 10 heavy (non-hydrogen) atoms. The van der Waals surface area contributed by atoms with Crippen molar-refractivity contribution >= 4 is 5.91 Å². The van der Waals surface area contributed by atoms with Crippen LogP contribution in [0.2, 0.25) is 0 Å². The lowest BCUT2D eigenvalue weighted by atomic mass is 10.3. The third-order valence-electron chi connectivity index (χ3n) is 1.38. The van der Waals surface area contributed by atoms with Gasteiger partial charge in [0.25, 0.3) is 0 Å². The van der Waals surface area contributed by atoms with Gasteiger partial charge >= 0.3 is 0 Å². The van der Waals surface area contributed by atoms with Crippen LogP contribution in [0.25, 0.3) is 0 Å². The maximum atomic E-state index is 11.0. The van der Waals surface area contributed by atoms with Crippen LogP contribution < -0.4 is 0 Å². The largest absolute Gasteiger partial charge is 0.346 e. The topological polar surface area (TPSA) is 20.3 Å². The summed E-state index contributed by atoms with van der Waals surface area (Å²) in [7, 11) is 1.83. The second-order valence-corrected chi connectivity index (χ2v) is 2.42. The van der Waals surface area contributed by atoms with E-state index in [-0.39, 0.29) is 5.91 Å². The van der Waals surface area contributed by atoms with Crippen molar-refractivity contribution in [2.24, 2.45) is 0 Å². The van der Waals surface area contributed by atoms with Crippen LogP contribution in [-0.4, -0.2) is 24.4 Å². The van der Waals surface area contributed by atoms with Crippen LogP contribution in [-0.2, 0) is 4.79 Å². The normalized spacial score (nSPS) is 9.50. The summed E-state index contributed by atoms with van der Waals surface area (Å²) >= 11 is 0. The predicted octanol–water partition coefficient (Wildman–Crippen LogP) is 1.47. The summed E-state index contributed by atoms with van der Waals surface area (Å²) in [6.07, 6.45) is 2.31. The number of hydrogen-bond donors (Lipinski definition) is 0. The lowest BCUT2D eigenvalue weighted by Crippen LogP contribution is -2.26. The molecule has 0 aliphatic heterocycles. The molecule has 0 fully saturated rings. The third kappa shape index (κ3) is 3.49. The monoisotopic (exact) mass is 142 g/mol. The summed E-state index contributed by atoms with van der Waals surface area (Å²) in [5, 5.41) is 0. The first-order valence-corrected chi connectivity index (χ1v) is 3.75. The summed E-state index contributed by atoms with van der Waals surface area (Å²) in [4.78, 5) is 12.8. The first-order valence-electron chi connectivity index (χ1n) is 3.75. The standard InChI is InChI=1S/C8H16NO/c1-4-6-8(10)9(3)7-5-2/h1,4-7H2,2-3H3. The quantitative estimate of drug-likeness (QED) is 0.582. The number of nitrogens with zero attached hydrogens (tertiary/aromatic N) is 1. The highest BCUT2D eigenvalue weighted by atomic mass is 16.2. The van der Waals surface area contributed by atoms with E-state index in [0.29, 0.717) is 12.8 Å². The molecular weight excluding hydrogens is 126 g/mol. The van der Waals surface area contributed by atoms with Crippen LogP contribution in [0.5, 0.6) is 0 Å². The van der Waals surface area contributed by atoms with E-state index in [1.807, 2.05) is 7.05 Å². The predicted molar refractivity (Wildman–Crippen MR) is 42.5 cm³/mol. The molecule has 0 rings (SSSR count). The molecule has 59 valence electrons. The molecule has 0 aromatic rings. The SMILES string of the molecule is [CH2]CCC(=O)N(C)CCC. The van der Waals surface area contributed by atoms with Gasteiger partial charge in [-0.1, -0.05) is 13.8 Å². The molecule has 1 amide bonds. The highest BCUT2D eigenvalue weighted by molar-refractivity contribution is 5.75. The Balaban J connectivity index is 3.49. The van der Waals surface area contributed by atoms with Gasteiger partial charge in [-0.05, 0) is 12.8 Å². The molecule has 0 saturated carbocycles. The Hall–Kier alpha value is -0.530. The van der Waals surface area contributed by atoms with Gasteiger partial charge in [0, 0.05) is 20.0 Å². The molecule has 0 heterocycles. The van der Waals surface area contributed by atoms with Crippen molar-refractivity contribution in [1.29, 1.82) is 0 Å². The van der Waals surface area contributed by atoms with Gasteiger partial charge in [-0.25, -0.2) is 0 Å². The van der Waals surface area contributed by atoms with Gasteiger partial charge in [0.05, 0.1) is 0 Å². The van der Waals surface area contributed by atoms with Crippen molar-refractivity contribution in [2.75, 3.05) is 13.6 Å². The molecule has 0 atom stereocenters. The second kappa shape index (κ2) is 5.27. The van der Waals surface area contributed by atoms with Gasteiger partial charge < -0.3 is 4.90 Å². The summed E-state index contributed by atoms with van der Waals surface area (Å²) in [6, 6.07) is 0. The molecule has 0 spiro atoms. The fraction of sp³-hybridized carbons (Fsp3) is 0.750. The van der Waals surface area contributed by atoms with Gasteiger partial charge in [-0.15, -0.1) is 0 Å². The fourth-order valence-electron chi connectivity index (χ4n) is 0.802. The lowest BCUT2D eigenvalue weighted by molar-refractivity contribution is -0.129. The van der Waals surface area contributed by atoms with Crippen molar-refractivity contribution < 1.29 is 4.79 Å². The van der Waals surface area contributed by atoms with Gasteiger partial charge in [0.2, 0.25) is 5.91 Å². The van der Waals surface area contributed by atoms with E-state index in [0.717, 1.165) is 13.0 Å². The highest BCUT2D eigenvalue weighted by Crippen LogP contribution is 1.94. The summed E-state index contributed by atoms with van der Waals surface area (Å²) in [5.74, 6) is 0.205. The lowest BCUT2D eigenvalue weighted by Gasteiger charge is -2.14. The Morgan fingerprint density at radius 3 is 2.60 bits per heavy atom. The Labute approximate surface area is 63.2 Å². The van der Waals surface area contributed by atoms with Gasteiger partial charge in [0.1, 0.15) is 0 Å². The molecular formula is C8H16NO. The smallest absolute Gasteiger partial charge is 0.222 e. The van der Waals surface area contributed by atoms with Gasteiger partial charge in [0.15, 0.2) is 0 Å². The Kier molecular flexibility index (Phi) is 4.99. The van der Waals surface area contributed by atoms with E-state index in [1.54, 1.807) is 4.90 Å². The number of rotatable bonds is 4. The Bertz CT molecular complexity index is 101. The van der Waals surface area contributed by atoms with Crippen LogP contribution in [0, 0.1) is 6.92 Å². The maximum absolute atomic E-state index is 11.0. The molecule has 0 aromatic carbocycles. The first kappa shape index (κ1) is 9.47. The van der Waals surface area contributed by atoms with Crippen molar-refractivity contribution in [3.05, 3.63) is 6.92 Å². The highest BCUT2D eigenvalue weighted by Gasteiger charge is 2.03. The fourth-order valence-corrected chi connectivity index (χ4v) is 0.802. The Morgan fingerprint density at radius 2 is 2.20 bits per heavy atom. The Morgan fingerprint density at radius 1 is 1.60 bits per heavy atom. The average molecular weight is 142 g/mol. The van der Waals surface area contributed by atoms with E-state index < -0.39 is 0 Å². The third-order valence-corrected chi connectivity index (χ3v) is 1.38. The first-order chi connectivity index (χ1) is 4.72. The minimum absolute atomic E-state index is 0.205. The van der Waals surface area contributed by atoms with Crippen LogP contribution in [0.4, 0.5) is 0 Å². The van der Waals surface area contributed by atoms with E-state index in [1.165, 1.54) is 0 Å². The minimum Gasteiger partial charge on any atom is -0.346 e. The van der Waals surface area contributed by atoms with E-state index >= 15 is 0 Å². The van der Waals surface area contributed by atoms with Crippen molar-refractivity contribution in [1.82, 2.24) is 4.90 Å². The number of amides is 1. The molecule has 0 N–H and O–H groups in total. The molecule has 0 aromatic heterocycles. The second-order valence-electron chi connectivity index (χ2n) is 2.42. The molecule has 2 heteroatoms. The molecule has 0 aliphatic carbocycles. The summed E-state index contributed by atoms with van der Waals surface area (Å²) < 4.78 is 0. The zero-order chi connectivity index (χ0) is 7.98. The molecule has 1 radical (unpaired) electrons. The van der Waals surface area contributed by atoms with Gasteiger partial charge in [-0.2, -0.15) is 0 Å². The van der Waals surface area contributed by atoms with Crippen molar-refractivity contribution in [2.45, 2.75) is 26.2 Å². The van der Waals surface area contributed by atoms with Crippen molar-refractivity contribution in [3.63, 3.8) is 0 Å².